The quantitative estimate of drug-likeness (QED) is 0.527. The molecule has 0 aliphatic carbocycles. The molecule has 1 amide bonds. The molecule has 6 heteroatoms. The van der Waals surface area contributed by atoms with Crippen LogP contribution in [0.25, 0.3) is 0 Å². The van der Waals surface area contributed by atoms with Gasteiger partial charge in [0.25, 0.3) is 0 Å². The largest absolute Gasteiger partial charge is 0.368 e. The molecule has 0 aliphatic heterocycles. The van der Waals surface area contributed by atoms with Crippen molar-refractivity contribution in [3.63, 3.8) is 0 Å². The predicted molar refractivity (Wildman–Crippen MR) is 54.7 cm³/mol. The highest BCUT2D eigenvalue weighted by Gasteiger charge is 2.10. The Kier molecular flexibility index (Phi) is 3.84. The molecule has 1 unspecified atom stereocenters. The fourth-order valence-electron chi connectivity index (χ4n) is 0.742. The molecule has 1 atom stereocenters. The third-order valence-electron chi connectivity index (χ3n) is 1.53. The zero-order chi connectivity index (χ0) is 10.6. The van der Waals surface area contributed by atoms with Gasteiger partial charge in [-0.1, -0.05) is 11.8 Å². The van der Waals surface area contributed by atoms with Gasteiger partial charge in [-0.05, 0) is 13.0 Å². The third kappa shape index (κ3) is 3.31. The summed E-state index contributed by atoms with van der Waals surface area (Å²) in [5.74, 6) is -0.108. The van der Waals surface area contributed by atoms with Gasteiger partial charge in [-0.15, -0.1) is 0 Å². The monoisotopic (exact) mass is 212 g/mol. The van der Waals surface area contributed by atoms with Crippen LogP contribution in [0.4, 0.5) is 0 Å². The van der Waals surface area contributed by atoms with Crippen LogP contribution in [0.3, 0.4) is 0 Å². The van der Waals surface area contributed by atoms with Crippen molar-refractivity contribution < 1.29 is 4.79 Å². The molecule has 0 radical (unpaired) electrons. The molecule has 4 N–H and O–H groups in total. The van der Waals surface area contributed by atoms with Crippen molar-refractivity contribution in [1.29, 1.82) is 0 Å². The van der Waals surface area contributed by atoms with E-state index in [0.29, 0.717) is 10.9 Å². The summed E-state index contributed by atoms with van der Waals surface area (Å²) in [7, 11) is 0. The lowest BCUT2D eigenvalue weighted by Gasteiger charge is -2.05. The second-order valence-electron chi connectivity index (χ2n) is 2.80. The van der Waals surface area contributed by atoms with E-state index >= 15 is 0 Å². The Hall–Kier alpha value is -1.14. The highest BCUT2D eigenvalue weighted by Crippen LogP contribution is 2.12. The number of hydrogen-bond acceptors (Lipinski definition) is 5. The van der Waals surface area contributed by atoms with Crippen molar-refractivity contribution in [3.05, 3.63) is 18.0 Å². The molecule has 14 heavy (non-hydrogen) atoms. The number of carbonyl (C=O) groups is 1. The average Bonchev–Trinajstić information content (AvgIpc) is 2.14. The molecule has 0 saturated heterocycles. The molecule has 0 aromatic carbocycles. The lowest BCUT2D eigenvalue weighted by molar-refractivity contribution is -0.118. The average molecular weight is 212 g/mol. The number of rotatable bonds is 4. The van der Waals surface area contributed by atoms with Gasteiger partial charge < -0.3 is 11.5 Å². The number of aryl methyl sites for hydroxylation is 1. The number of primary amides is 1. The predicted octanol–water partition coefficient (Wildman–Crippen LogP) is -0.310. The molecular formula is C8H12N4OS. The molecule has 1 rings (SSSR count). The van der Waals surface area contributed by atoms with E-state index in [4.69, 9.17) is 11.5 Å². The van der Waals surface area contributed by atoms with Gasteiger partial charge in [0.1, 0.15) is 0 Å². The van der Waals surface area contributed by atoms with Crippen LogP contribution in [0.5, 0.6) is 0 Å². The first-order chi connectivity index (χ1) is 6.59. The summed E-state index contributed by atoms with van der Waals surface area (Å²) >= 11 is 1.32. The number of amides is 1. The van der Waals surface area contributed by atoms with Gasteiger partial charge in [-0.2, -0.15) is 0 Å². The fourth-order valence-corrected chi connectivity index (χ4v) is 1.58. The first kappa shape index (κ1) is 10.9. The van der Waals surface area contributed by atoms with Gasteiger partial charge in [0.15, 0.2) is 5.16 Å². The number of nitrogens with zero attached hydrogens (tertiary/aromatic N) is 2. The van der Waals surface area contributed by atoms with Crippen LogP contribution in [-0.4, -0.2) is 27.7 Å². The summed E-state index contributed by atoms with van der Waals surface area (Å²) < 4.78 is 0. The van der Waals surface area contributed by atoms with Gasteiger partial charge in [-0.3, -0.25) is 4.79 Å². The topological polar surface area (TPSA) is 94.9 Å². The zero-order valence-electron chi connectivity index (χ0n) is 7.80. The van der Waals surface area contributed by atoms with Crippen LogP contribution in [0.2, 0.25) is 0 Å². The van der Waals surface area contributed by atoms with E-state index in [-0.39, 0.29) is 0 Å². The Labute approximate surface area is 86.3 Å². The van der Waals surface area contributed by atoms with Gasteiger partial charge in [0, 0.05) is 17.6 Å². The SMILES string of the molecule is Cc1ccnc(SCC(N)C(N)=O)n1. The van der Waals surface area contributed by atoms with E-state index in [0.717, 1.165) is 5.69 Å². The molecule has 1 aromatic rings. The minimum atomic E-state index is -0.649. The second kappa shape index (κ2) is 4.92. The summed E-state index contributed by atoms with van der Waals surface area (Å²) in [5.41, 5.74) is 11.3. The molecule has 1 aromatic heterocycles. The van der Waals surface area contributed by atoms with Gasteiger partial charge in [0.2, 0.25) is 5.91 Å². The first-order valence-corrected chi connectivity index (χ1v) is 5.05. The fraction of sp³-hybridized carbons (Fsp3) is 0.375. The summed E-state index contributed by atoms with van der Waals surface area (Å²) in [4.78, 5) is 18.8. The molecule has 0 aliphatic rings. The van der Waals surface area contributed by atoms with Gasteiger partial charge >= 0.3 is 0 Å². The highest BCUT2D eigenvalue weighted by atomic mass is 32.2. The van der Waals surface area contributed by atoms with Crippen LogP contribution in [0.1, 0.15) is 5.69 Å². The minimum Gasteiger partial charge on any atom is -0.368 e. The highest BCUT2D eigenvalue weighted by molar-refractivity contribution is 7.99. The van der Waals surface area contributed by atoms with Crippen molar-refractivity contribution >= 4 is 17.7 Å². The standard InChI is InChI=1S/C8H12N4OS/c1-5-2-3-11-8(12-5)14-4-6(9)7(10)13/h2-3,6H,4,9H2,1H3,(H2,10,13). The van der Waals surface area contributed by atoms with Crippen LogP contribution >= 0.6 is 11.8 Å². The maximum atomic E-state index is 10.6. The Bertz CT molecular complexity index is 331. The normalized spacial score (nSPS) is 12.4. The summed E-state index contributed by atoms with van der Waals surface area (Å²) in [6.45, 7) is 1.87. The zero-order valence-corrected chi connectivity index (χ0v) is 8.62. The number of aromatic nitrogens is 2. The number of hydrogen-bond donors (Lipinski definition) is 2. The summed E-state index contributed by atoms with van der Waals surface area (Å²) in [5, 5.41) is 0.613. The lowest BCUT2D eigenvalue weighted by Crippen LogP contribution is -2.38. The maximum Gasteiger partial charge on any atom is 0.235 e. The van der Waals surface area contributed by atoms with Crippen molar-refractivity contribution in [3.8, 4) is 0 Å². The van der Waals surface area contributed by atoms with Crippen LogP contribution in [0.15, 0.2) is 17.4 Å². The van der Waals surface area contributed by atoms with Crippen LogP contribution < -0.4 is 11.5 Å². The second-order valence-corrected chi connectivity index (χ2v) is 3.79. The van der Waals surface area contributed by atoms with Crippen molar-refractivity contribution in [1.82, 2.24) is 9.97 Å². The summed E-state index contributed by atoms with van der Waals surface area (Å²) in [6, 6.07) is 1.15. The van der Waals surface area contributed by atoms with E-state index in [1.54, 1.807) is 12.3 Å². The first-order valence-electron chi connectivity index (χ1n) is 4.07. The van der Waals surface area contributed by atoms with Crippen LogP contribution in [-0.2, 0) is 4.79 Å². The molecular weight excluding hydrogens is 200 g/mol. The van der Waals surface area contributed by atoms with E-state index in [2.05, 4.69) is 9.97 Å². The van der Waals surface area contributed by atoms with E-state index in [1.165, 1.54) is 11.8 Å². The van der Waals surface area contributed by atoms with Gasteiger partial charge in [0.05, 0.1) is 6.04 Å². The molecule has 5 nitrogen and oxygen atoms in total. The molecule has 0 spiro atoms. The van der Waals surface area contributed by atoms with E-state index in [9.17, 15) is 4.79 Å². The summed E-state index contributed by atoms with van der Waals surface area (Å²) in [6.07, 6.45) is 1.67. The van der Waals surface area contributed by atoms with Gasteiger partial charge in [-0.25, -0.2) is 9.97 Å². The third-order valence-corrected chi connectivity index (χ3v) is 2.51. The Balaban J connectivity index is 2.49. The van der Waals surface area contributed by atoms with Crippen molar-refractivity contribution in [2.24, 2.45) is 11.5 Å². The Morgan fingerprint density at radius 1 is 1.71 bits per heavy atom. The van der Waals surface area contributed by atoms with E-state index in [1.807, 2.05) is 6.92 Å². The maximum absolute atomic E-state index is 10.6. The molecule has 0 bridgehead atoms. The van der Waals surface area contributed by atoms with Crippen LogP contribution in [0, 0.1) is 6.92 Å². The number of nitrogens with two attached hydrogens (primary N) is 2. The van der Waals surface area contributed by atoms with Crippen molar-refractivity contribution in [2.75, 3.05) is 5.75 Å². The van der Waals surface area contributed by atoms with E-state index < -0.39 is 11.9 Å². The molecule has 0 fully saturated rings. The smallest absolute Gasteiger partial charge is 0.235 e. The Morgan fingerprint density at radius 2 is 2.43 bits per heavy atom. The molecule has 76 valence electrons. The van der Waals surface area contributed by atoms with Crippen molar-refractivity contribution in [2.45, 2.75) is 18.1 Å². The lowest BCUT2D eigenvalue weighted by atomic mass is 10.3. The minimum absolute atomic E-state index is 0.402. The number of carbonyl (C=O) groups excluding carboxylic acids is 1. The molecule has 1 heterocycles. The Morgan fingerprint density at radius 3 is 3.00 bits per heavy atom. The molecule has 0 saturated carbocycles. The number of thioether (sulfide) groups is 1.